The molecule has 24 heavy (non-hydrogen) atoms. The number of benzene rings is 1. The van der Waals surface area contributed by atoms with Gasteiger partial charge in [0.2, 0.25) is 5.89 Å². The molecule has 0 saturated heterocycles. The van der Waals surface area contributed by atoms with Crippen molar-refractivity contribution in [3.05, 3.63) is 36.0 Å². The van der Waals surface area contributed by atoms with Crippen LogP contribution in [0.15, 0.2) is 28.8 Å². The van der Waals surface area contributed by atoms with Crippen LogP contribution >= 0.6 is 24.8 Å². The van der Waals surface area contributed by atoms with Crippen LogP contribution in [0.4, 0.5) is 11.4 Å². The largest absolute Gasteiger partial charge is 0.368 e. The molecule has 0 amide bonds. The number of anilines is 2. The summed E-state index contributed by atoms with van der Waals surface area (Å²) in [5.41, 5.74) is 8.11. The SMILES string of the molecule is Cl.Cl.NCc1nc(CN2CCN(CC3CC3)c3ccccc32)no1. The number of aromatic nitrogens is 2. The van der Waals surface area contributed by atoms with Crippen molar-refractivity contribution in [2.24, 2.45) is 11.7 Å². The lowest BCUT2D eigenvalue weighted by Gasteiger charge is -2.38. The molecule has 0 bridgehead atoms. The zero-order valence-electron chi connectivity index (χ0n) is 13.4. The molecule has 132 valence electrons. The summed E-state index contributed by atoms with van der Waals surface area (Å²) in [5, 5.41) is 4.01. The Morgan fingerprint density at radius 2 is 1.75 bits per heavy atom. The van der Waals surface area contributed by atoms with Crippen LogP contribution in [0.3, 0.4) is 0 Å². The van der Waals surface area contributed by atoms with Crippen LogP contribution in [0, 0.1) is 5.92 Å². The first kappa shape index (κ1) is 18.8. The molecule has 2 N–H and O–H groups in total. The molecule has 2 heterocycles. The van der Waals surface area contributed by atoms with Gasteiger partial charge < -0.3 is 20.1 Å². The quantitative estimate of drug-likeness (QED) is 0.870. The minimum atomic E-state index is 0. The Morgan fingerprint density at radius 1 is 1.08 bits per heavy atom. The molecule has 8 heteroatoms. The number of hydrogen-bond acceptors (Lipinski definition) is 6. The summed E-state index contributed by atoms with van der Waals surface area (Å²) in [5.74, 6) is 2.09. The topological polar surface area (TPSA) is 71.4 Å². The molecular weight excluding hydrogens is 349 g/mol. The lowest BCUT2D eigenvalue weighted by atomic mass is 10.1. The Balaban J connectivity index is 0.00000104. The summed E-state index contributed by atoms with van der Waals surface area (Å²) < 4.78 is 5.10. The van der Waals surface area contributed by atoms with Gasteiger partial charge in [-0.05, 0) is 30.9 Å². The Labute approximate surface area is 154 Å². The van der Waals surface area contributed by atoms with Crippen molar-refractivity contribution in [3.63, 3.8) is 0 Å². The second-order valence-corrected chi connectivity index (χ2v) is 6.11. The maximum atomic E-state index is 5.53. The molecule has 1 saturated carbocycles. The summed E-state index contributed by atoms with van der Waals surface area (Å²) in [6.45, 7) is 4.17. The Hall–Kier alpha value is -1.50. The second kappa shape index (κ2) is 8.05. The lowest BCUT2D eigenvalue weighted by Crippen LogP contribution is -2.41. The molecule has 1 aromatic carbocycles. The van der Waals surface area contributed by atoms with E-state index in [1.807, 2.05) is 0 Å². The van der Waals surface area contributed by atoms with E-state index in [2.05, 4.69) is 44.2 Å². The highest BCUT2D eigenvalue weighted by Gasteiger charge is 2.29. The summed E-state index contributed by atoms with van der Waals surface area (Å²) in [7, 11) is 0. The average Bonchev–Trinajstić information content (AvgIpc) is 3.26. The van der Waals surface area contributed by atoms with Crippen molar-refractivity contribution in [1.82, 2.24) is 10.1 Å². The summed E-state index contributed by atoms with van der Waals surface area (Å²) in [6, 6.07) is 8.60. The fraction of sp³-hybridized carbons (Fsp3) is 0.500. The minimum absolute atomic E-state index is 0. The zero-order chi connectivity index (χ0) is 14.9. The Kier molecular flexibility index (Phi) is 6.32. The van der Waals surface area contributed by atoms with E-state index in [0.717, 1.165) is 19.0 Å². The van der Waals surface area contributed by atoms with Gasteiger partial charge in [-0.1, -0.05) is 17.3 Å². The molecule has 6 nitrogen and oxygen atoms in total. The molecule has 1 aliphatic carbocycles. The number of nitrogens with zero attached hydrogens (tertiary/aromatic N) is 4. The maximum absolute atomic E-state index is 5.53. The van der Waals surface area contributed by atoms with E-state index >= 15 is 0 Å². The number of rotatable bonds is 5. The van der Waals surface area contributed by atoms with Crippen molar-refractivity contribution in [1.29, 1.82) is 0 Å². The van der Waals surface area contributed by atoms with Crippen molar-refractivity contribution in [2.75, 3.05) is 29.4 Å². The molecular formula is C16H23Cl2N5O. The van der Waals surface area contributed by atoms with Gasteiger partial charge in [0.15, 0.2) is 5.82 Å². The Bertz CT molecular complexity index is 661. The lowest BCUT2D eigenvalue weighted by molar-refractivity contribution is 0.374. The molecule has 0 radical (unpaired) electrons. The summed E-state index contributed by atoms with van der Waals surface area (Å²) in [4.78, 5) is 9.16. The maximum Gasteiger partial charge on any atom is 0.240 e. The predicted molar refractivity (Wildman–Crippen MR) is 99.1 cm³/mol. The van der Waals surface area contributed by atoms with Gasteiger partial charge in [-0.2, -0.15) is 4.98 Å². The fourth-order valence-electron chi connectivity index (χ4n) is 3.06. The van der Waals surface area contributed by atoms with Crippen LogP contribution in [-0.2, 0) is 13.1 Å². The number of para-hydroxylation sites is 2. The highest BCUT2D eigenvalue weighted by atomic mass is 35.5. The number of nitrogens with two attached hydrogens (primary N) is 1. The number of halogens is 2. The van der Waals surface area contributed by atoms with Gasteiger partial charge in [0, 0.05) is 19.6 Å². The third-order valence-electron chi connectivity index (χ3n) is 4.40. The van der Waals surface area contributed by atoms with E-state index in [1.165, 1.54) is 30.8 Å². The van der Waals surface area contributed by atoms with Crippen LogP contribution in [-0.4, -0.2) is 29.8 Å². The van der Waals surface area contributed by atoms with Gasteiger partial charge >= 0.3 is 0 Å². The fourth-order valence-corrected chi connectivity index (χ4v) is 3.06. The molecule has 1 fully saturated rings. The smallest absolute Gasteiger partial charge is 0.240 e. The monoisotopic (exact) mass is 371 g/mol. The van der Waals surface area contributed by atoms with Crippen molar-refractivity contribution >= 4 is 36.2 Å². The van der Waals surface area contributed by atoms with Gasteiger partial charge in [-0.25, -0.2) is 0 Å². The molecule has 0 spiro atoms. The van der Waals surface area contributed by atoms with E-state index in [0.29, 0.717) is 24.8 Å². The van der Waals surface area contributed by atoms with Crippen molar-refractivity contribution in [3.8, 4) is 0 Å². The van der Waals surface area contributed by atoms with Crippen molar-refractivity contribution in [2.45, 2.75) is 25.9 Å². The van der Waals surface area contributed by atoms with Gasteiger partial charge in [-0.3, -0.25) is 0 Å². The molecule has 2 aromatic rings. The van der Waals surface area contributed by atoms with Gasteiger partial charge in [-0.15, -0.1) is 24.8 Å². The van der Waals surface area contributed by atoms with Crippen LogP contribution in [0.25, 0.3) is 0 Å². The third-order valence-corrected chi connectivity index (χ3v) is 4.40. The summed E-state index contributed by atoms with van der Waals surface area (Å²) >= 11 is 0. The summed E-state index contributed by atoms with van der Waals surface area (Å²) in [6.07, 6.45) is 2.76. The Morgan fingerprint density at radius 3 is 2.38 bits per heavy atom. The molecule has 2 aliphatic rings. The van der Waals surface area contributed by atoms with Crippen LogP contribution in [0.2, 0.25) is 0 Å². The normalized spacial score (nSPS) is 16.2. The van der Waals surface area contributed by atoms with Gasteiger partial charge in [0.25, 0.3) is 0 Å². The third kappa shape index (κ3) is 3.94. The highest BCUT2D eigenvalue weighted by Crippen LogP contribution is 2.37. The second-order valence-electron chi connectivity index (χ2n) is 6.11. The number of hydrogen-bond donors (Lipinski definition) is 1. The van der Waals surface area contributed by atoms with Crippen molar-refractivity contribution < 1.29 is 4.52 Å². The highest BCUT2D eigenvalue weighted by molar-refractivity contribution is 5.85. The van der Waals surface area contributed by atoms with Crippen LogP contribution in [0.5, 0.6) is 0 Å². The molecule has 1 aromatic heterocycles. The van der Waals surface area contributed by atoms with Gasteiger partial charge in [0.1, 0.15) is 0 Å². The zero-order valence-corrected chi connectivity index (χ0v) is 15.1. The number of fused-ring (bicyclic) bond motifs is 1. The first-order valence-electron chi connectivity index (χ1n) is 7.94. The van der Waals surface area contributed by atoms with Gasteiger partial charge in [0.05, 0.1) is 24.5 Å². The average molecular weight is 372 g/mol. The molecule has 4 rings (SSSR count). The van der Waals surface area contributed by atoms with E-state index in [-0.39, 0.29) is 24.8 Å². The van der Waals surface area contributed by atoms with E-state index in [9.17, 15) is 0 Å². The molecule has 1 aliphatic heterocycles. The molecule has 0 atom stereocenters. The van der Waals surface area contributed by atoms with E-state index in [4.69, 9.17) is 10.3 Å². The first-order valence-corrected chi connectivity index (χ1v) is 7.94. The minimum Gasteiger partial charge on any atom is -0.368 e. The van der Waals surface area contributed by atoms with E-state index in [1.54, 1.807) is 0 Å². The predicted octanol–water partition coefficient (Wildman–Crippen LogP) is 2.61. The standard InChI is InChI=1S/C16H21N5O.2ClH/c17-9-16-18-15(19-22-16)11-21-8-7-20(10-12-5-6-12)13-3-1-2-4-14(13)21;;/h1-4,12H,5-11,17H2;2*1H. The van der Waals surface area contributed by atoms with Crippen LogP contribution < -0.4 is 15.5 Å². The van der Waals surface area contributed by atoms with E-state index < -0.39 is 0 Å². The molecule has 0 unspecified atom stereocenters. The first-order chi connectivity index (χ1) is 10.8. The van der Waals surface area contributed by atoms with Crippen LogP contribution in [0.1, 0.15) is 24.6 Å².